The zero-order valence-corrected chi connectivity index (χ0v) is 19.3. The van der Waals surface area contributed by atoms with E-state index in [4.69, 9.17) is 9.47 Å². The number of hydrogen-bond donors (Lipinski definition) is 1. The zero-order valence-electron chi connectivity index (χ0n) is 17.7. The van der Waals surface area contributed by atoms with Gasteiger partial charge in [-0.25, -0.2) is 0 Å². The third kappa shape index (κ3) is 5.64. The van der Waals surface area contributed by atoms with Crippen LogP contribution in [0.3, 0.4) is 0 Å². The highest BCUT2D eigenvalue weighted by Gasteiger charge is 2.36. The number of nitrogens with zero attached hydrogens (tertiary/aromatic N) is 1. The molecule has 7 nitrogen and oxygen atoms in total. The van der Waals surface area contributed by atoms with Gasteiger partial charge in [-0.15, -0.1) is 0 Å². The van der Waals surface area contributed by atoms with Crippen LogP contribution < -0.4 is 15.0 Å². The molecule has 2 amide bonds. The first-order valence-electron chi connectivity index (χ1n) is 10.0. The van der Waals surface area contributed by atoms with E-state index < -0.39 is 24.4 Å². The topological polar surface area (TPSA) is 84.9 Å². The molecule has 1 N–H and O–H groups in total. The third-order valence-electron chi connectivity index (χ3n) is 4.98. The van der Waals surface area contributed by atoms with Crippen molar-refractivity contribution in [2.45, 2.75) is 27.2 Å². The van der Waals surface area contributed by atoms with Gasteiger partial charge in [0.1, 0.15) is 5.75 Å². The van der Waals surface area contributed by atoms with E-state index in [9.17, 15) is 14.4 Å². The number of aryl methyl sites for hydroxylation is 2. The fourth-order valence-electron chi connectivity index (χ4n) is 3.47. The predicted octanol–water partition coefficient (Wildman–Crippen LogP) is 4.00. The molecular weight excluding hydrogens is 464 g/mol. The lowest BCUT2D eigenvalue weighted by molar-refractivity contribution is -0.151. The Morgan fingerprint density at radius 2 is 1.81 bits per heavy atom. The summed E-state index contributed by atoms with van der Waals surface area (Å²) >= 11 is 3.48. The first-order valence-corrected chi connectivity index (χ1v) is 10.8. The van der Waals surface area contributed by atoms with Gasteiger partial charge in [0, 0.05) is 28.8 Å². The SMILES string of the molecule is CCOc1ccc(N2C[C@H](C(=O)OCC(=O)Nc3cc(C)c(Br)c(C)c3)CC2=O)cc1. The summed E-state index contributed by atoms with van der Waals surface area (Å²) in [6, 6.07) is 10.8. The van der Waals surface area contributed by atoms with Gasteiger partial charge in [-0.1, -0.05) is 15.9 Å². The summed E-state index contributed by atoms with van der Waals surface area (Å²) in [5.41, 5.74) is 3.32. The lowest BCUT2D eigenvalue weighted by atomic mass is 10.1. The van der Waals surface area contributed by atoms with Crippen LogP contribution in [0.1, 0.15) is 24.5 Å². The second kappa shape index (κ2) is 9.96. The molecule has 0 spiro atoms. The van der Waals surface area contributed by atoms with Gasteiger partial charge in [0.05, 0.1) is 12.5 Å². The van der Waals surface area contributed by atoms with Gasteiger partial charge in [-0.3, -0.25) is 14.4 Å². The van der Waals surface area contributed by atoms with Crippen LogP contribution in [-0.4, -0.2) is 37.5 Å². The number of benzene rings is 2. The molecule has 1 aliphatic heterocycles. The Morgan fingerprint density at radius 3 is 2.42 bits per heavy atom. The van der Waals surface area contributed by atoms with Crippen molar-refractivity contribution in [3.8, 4) is 5.75 Å². The number of esters is 1. The average Bonchev–Trinajstić information content (AvgIpc) is 3.13. The average molecular weight is 489 g/mol. The monoisotopic (exact) mass is 488 g/mol. The number of amides is 2. The molecule has 0 bridgehead atoms. The van der Waals surface area contributed by atoms with E-state index >= 15 is 0 Å². The van der Waals surface area contributed by atoms with Gasteiger partial charge in [0.25, 0.3) is 5.91 Å². The van der Waals surface area contributed by atoms with E-state index in [1.165, 1.54) is 0 Å². The Kier molecular flexibility index (Phi) is 7.33. The molecule has 8 heteroatoms. The van der Waals surface area contributed by atoms with Crippen molar-refractivity contribution in [3.63, 3.8) is 0 Å². The molecule has 0 aliphatic carbocycles. The molecule has 2 aromatic rings. The fourth-order valence-corrected chi connectivity index (χ4v) is 3.70. The molecule has 31 heavy (non-hydrogen) atoms. The van der Waals surface area contributed by atoms with Crippen molar-refractivity contribution in [1.82, 2.24) is 0 Å². The number of carbonyl (C=O) groups excluding carboxylic acids is 3. The number of rotatable bonds is 7. The summed E-state index contributed by atoms with van der Waals surface area (Å²) in [6.45, 7) is 6.14. The maximum atomic E-state index is 12.4. The minimum absolute atomic E-state index is 0.0543. The zero-order chi connectivity index (χ0) is 22.5. The molecule has 1 heterocycles. The maximum Gasteiger partial charge on any atom is 0.311 e. The standard InChI is InChI=1S/C23H25BrN2O5/c1-4-30-19-7-5-18(6-8-19)26-12-16(11-21(26)28)23(29)31-13-20(27)25-17-9-14(2)22(24)15(3)10-17/h5-10,16H,4,11-13H2,1-3H3,(H,25,27)/t16-/m1/s1. The minimum Gasteiger partial charge on any atom is -0.494 e. The van der Waals surface area contributed by atoms with Gasteiger partial charge in [0.15, 0.2) is 6.61 Å². The summed E-state index contributed by atoms with van der Waals surface area (Å²) in [6.07, 6.45) is 0.0543. The third-order valence-corrected chi connectivity index (χ3v) is 6.23. The number of anilines is 2. The lowest BCUT2D eigenvalue weighted by Gasteiger charge is -2.17. The smallest absolute Gasteiger partial charge is 0.311 e. The summed E-state index contributed by atoms with van der Waals surface area (Å²) in [5.74, 6) is -1.03. The first kappa shape index (κ1) is 22.8. The van der Waals surface area contributed by atoms with Crippen molar-refractivity contribution in [2.24, 2.45) is 5.92 Å². The normalized spacial score (nSPS) is 15.7. The van der Waals surface area contributed by atoms with Crippen molar-refractivity contribution in [1.29, 1.82) is 0 Å². The Bertz CT molecular complexity index is 967. The number of halogens is 1. The van der Waals surface area contributed by atoms with Gasteiger partial charge in [0.2, 0.25) is 5.91 Å². The molecule has 2 aromatic carbocycles. The highest BCUT2D eigenvalue weighted by molar-refractivity contribution is 9.10. The van der Waals surface area contributed by atoms with Gasteiger partial charge in [-0.05, 0) is 68.3 Å². The molecule has 3 rings (SSSR count). The number of ether oxygens (including phenoxy) is 2. The van der Waals surface area contributed by atoms with Gasteiger partial charge in [-0.2, -0.15) is 0 Å². The van der Waals surface area contributed by atoms with Crippen molar-refractivity contribution < 1.29 is 23.9 Å². The van der Waals surface area contributed by atoms with Gasteiger partial charge >= 0.3 is 5.97 Å². The molecule has 1 aliphatic rings. The molecule has 1 atom stereocenters. The fraction of sp³-hybridized carbons (Fsp3) is 0.348. The highest BCUT2D eigenvalue weighted by Crippen LogP contribution is 2.28. The quantitative estimate of drug-likeness (QED) is 0.595. The summed E-state index contributed by atoms with van der Waals surface area (Å²) < 4.78 is 11.6. The molecule has 0 saturated carbocycles. The molecule has 164 valence electrons. The van der Waals surface area contributed by atoms with E-state index in [1.54, 1.807) is 29.2 Å². The number of hydrogen-bond acceptors (Lipinski definition) is 5. The highest BCUT2D eigenvalue weighted by atomic mass is 79.9. The van der Waals surface area contributed by atoms with E-state index in [-0.39, 0.29) is 18.9 Å². The van der Waals surface area contributed by atoms with Crippen LogP contribution >= 0.6 is 15.9 Å². The first-order chi connectivity index (χ1) is 14.8. The lowest BCUT2D eigenvalue weighted by Crippen LogP contribution is -2.28. The van der Waals surface area contributed by atoms with Crippen LogP contribution in [0.2, 0.25) is 0 Å². The largest absolute Gasteiger partial charge is 0.494 e. The minimum atomic E-state index is -0.607. The van der Waals surface area contributed by atoms with Crippen molar-refractivity contribution >= 4 is 45.1 Å². The Balaban J connectivity index is 1.53. The second-order valence-electron chi connectivity index (χ2n) is 7.41. The predicted molar refractivity (Wildman–Crippen MR) is 121 cm³/mol. The molecule has 1 saturated heterocycles. The van der Waals surface area contributed by atoms with E-state index in [0.29, 0.717) is 18.0 Å². The van der Waals surface area contributed by atoms with E-state index in [1.807, 2.05) is 32.9 Å². The Hall–Kier alpha value is -2.87. The van der Waals surface area contributed by atoms with Crippen molar-refractivity contribution in [2.75, 3.05) is 30.0 Å². The molecule has 0 unspecified atom stereocenters. The van der Waals surface area contributed by atoms with Crippen molar-refractivity contribution in [3.05, 3.63) is 52.0 Å². The van der Waals surface area contributed by atoms with Crippen LogP contribution in [0.25, 0.3) is 0 Å². The summed E-state index contributed by atoms with van der Waals surface area (Å²) in [4.78, 5) is 38.5. The van der Waals surface area contributed by atoms with Crippen LogP contribution in [-0.2, 0) is 19.1 Å². The van der Waals surface area contributed by atoms with Crippen LogP contribution in [0.4, 0.5) is 11.4 Å². The number of nitrogens with one attached hydrogen (secondary N) is 1. The second-order valence-corrected chi connectivity index (χ2v) is 8.21. The van der Waals surface area contributed by atoms with Crippen LogP contribution in [0.5, 0.6) is 5.75 Å². The summed E-state index contributed by atoms with van der Waals surface area (Å²) in [5, 5.41) is 2.73. The van der Waals surface area contributed by atoms with Gasteiger partial charge < -0.3 is 19.7 Å². The molecule has 0 radical (unpaired) electrons. The van der Waals surface area contributed by atoms with Crippen LogP contribution in [0.15, 0.2) is 40.9 Å². The number of carbonyl (C=O) groups is 3. The Morgan fingerprint density at radius 1 is 1.16 bits per heavy atom. The molecular formula is C23H25BrN2O5. The van der Waals surface area contributed by atoms with E-state index in [2.05, 4.69) is 21.2 Å². The molecule has 1 fully saturated rings. The maximum absolute atomic E-state index is 12.4. The summed E-state index contributed by atoms with van der Waals surface area (Å²) in [7, 11) is 0. The van der Waals surface area contributed by atoms with E-state index in [0.717, 1.165) is 21.3 Å². The molecule has 0 aromatic heterocycles. The Labute approximate surface area is 189 Å². The van der Waals surface area contributed by atoms with Crippen LogP contribution in [0, 0.1) is 19.8 Å².